The number of nitrogens with zero attached hydrogens (tertiary/aromatic N) is 3. The minimum atomic E-state index is -0.579. The highest BCUT2D eigenvalue weighted by Gasteiger charge is 2.14. The largest absolute Gasteiger partial charge is 0.497 e. The van der Waals surface area contributed by atoms with Crippen LogP contribution in [0, 0.1) is 0 Å². The van der Waals surface area contributed by atoms with Gasteiger partial charge in [-0.1, -0.05) is 30.0 Å². The first-order chi connectivity index (χ1) is 12.5. The number of methoxy groups -OCH3 is 1. The van der Waals surface area contributed by atoms with Gasteiger partial charge in [0.15, 0.2) is 5.82 Å². The minimum Gasteiger partial charge on any atom is -0.497 e. The molecular formula is C16H20N6O3S. The number of aromatic nitrogens is 3. The maximum atomic E-state index is 11.7. The van der Waals surface area contributed by atoms with Crippen molar-refractivity contribution in [1.82, 2.24) is 25.5 Å². The van der Waals surface area contributed by atoms with Gasteiger partial charge in [-0.2, -0.15) is 0 Å². The lowest BCUT2D eigenvalue weighted by Gasteiger charge is -2.06. The van der Waals surface area contributed by atoms with E-state index < -0.39 is 11.9 Å². The number of urea groups is 1. The van der Waals surface area contributed by atoms with Crippen LogP contribution in [0.3, 0.4) is 0 Å². The molecule has 0 fully saturated rings. The van der Waals surface area contributed by atoms with E-state index in [9.17, 15) is 9.59 Å². The molecule has 1 aromatic carbocycles. The van der Waals surface area contributed by atoms with Gasteiger partial charge in [0.05, 0.1) is 12.9 Å². The van der Waals surface area contributed by atoms with Crippen molar-refractivity contribution in [2.75, 3.05) is 25.3 Å². The first-order valence-corrected chi connectivity index (χ1v) is 8.65. The van der Waals surface area contributed by atoms with Gasteiger partial charge in [0.2, 0.25) is 11.1 Å². The molecule has 2 rings (SSSR count). The highest BCUT2D eigenvalue weighted by molar-refractivity contribution is 7.99. The molecule has 0 aliphatic heterocycles. The van der Waals surface area contributed by atoms with Crippen molar-refractivity contribution in [2.45, 2.75) is 11.6 Å². The predicted molar refractivity (Wildman–Crippen MR) is 98.4 cm³/mol. The van der Waals surface area contributed by atoms with Crippen LogP contribution in [0.5, 0.6) is 5.75 Å². The summed E-state index contributed by atoms with van der Waals surface area (Å²) in [7, 11) is 1.61. The van der Waals surface area contributed by atoms with Gasteiger partial charge in [0, 0.05) is 13.0 Å². The summed E-state index contributed by atoms with van der Waals surface area (Å²) >= 11 is 1.09. The summed E-state index contributed by atoms with van der Waals surface area (Å²) in [5.41, 5.74) is 0.998. The van der Waals surface area contributed by atoms with E-state index >= 15 is 0 Å². The minimum absolute atomic E-state index is 0.0145. The van der Waals surface area contributed by atoms with Crippen LogP contribution >= 0.6 is 11.8 Å². The van der Waals surface area contributed by atoms with Crippen LogP contribution in [0.25, 0.3) is 0 Å². The fourth-order valence-corrected chi connectivity index (χ4v) is 2.63. The molecule has 138 valence electrons. The van der Waals surface area contributed by atoms with E-state index in [0.717, 1.165) is 23.1 Å². The number of hydrogen-bond acceptors (Lipinski definition) is 7. The van der Waals surface area contributed by atoms with E-state index in [4.69, 9.17) is 10.6 Å². The first-order valence-electron chi connectivity index (χ1n) is 7.67. The Morgan fingerprint density at radius 2 is 2.08 bits per heavy atom. The summed E-state index contributed by atoms with van der Waals surface area (Å²) in [6.45, 7) is 3.74. The van der Waals surface area contributed by atoms with Crippen LogP contribution in [0.4, 0.5) is 4.79 Å². The second-order valence-electron chi connectivity index (χ2n) is 5.13. The number of nitrogens with two attached hydrogens (primary N) is 1. The molecule has 0 aliphatic rings. The van der Waals surface area contributed by atoms with Crippen LogP contribution in [-0.2, 0) is 11.2 Å². The second kappa shape index (κ2) is 9.47. The van der Waals surface area contributed by atoms with Gasteiger partial charge in [0.25, 0.3) is 0 Å². The van der Waals surface area contributed by atoms with Crippen LogP contribution < -0.4 is 21.2 Å². The number of nitrogen functional groups attached to an aromatic ring is 1. The van der Waals surface area contributed by atoms with Gasteiger partial charge in [-0.05, 0) is 17.7 Å². The summed E-state index contributed by atoms with van der Waals surface area (Å²) in [6.07, 6.45) is 2.00. The lowest BCUT2D eigenvalue weighted by Crippen LogP contribution is -2.40. The van der Waals surface area contributed by atoms with Crippen molar-refractivity contribution in [2.24, 2.45) is 0 Å². The number of amides is 3. The molecule has 0 bridgehead atoms. The Morgan fingerprint density at radius 1 is 1.35 bits per heavy atom. The number of ether oxygens (including phenoxy) is 1. The molecule has 0 atom stereocenters. The highest BCUT2D eigenvalue weighted by Crippen LogP contribution is 2.17. The summed E-state index contributed by atoms with van der Waals surface area (Å²) in [4.78, 5) is 23.1. The lowest BCUT2D eigenvalue weighted by molar-refractivity contribution is -0.117. The monoisotopic (exact) mass is 376 g/mol. The summed E-state index contributed by atoms with van der Waals surface area (Å²) in [5.74, 6) is 6.83. The number of nitrogens with one attached hydrogen (secondary N) is 2. The zero-order valence-corrected chi connectivity index (χ0v) is 15.1. The molecule has 1 aromatic heterocycles. The molecule has 3 amide bonds. The van der Waals surface area contributed by atoms with E-state index in [0.29, 0.717) is 17.4 Å². The molecule has 2 aromatic rings. The van der Waals surface area contributed by atoms with Crippen molar-refractivity contribution in [3.63, 3.8) is 0 Å². The Morgan fingerprint density at radius 3 is 2.73 bits per heavy atom. The van der Waals surface area contributed by atoms with Gasteiger partial charge in [-0.3, -0.25) is 10.1 Å². The van der Waals surface area contributed by atoms with Crippen LogP contribution in [0.15, 0.2) is 42.1 Å². The number of benzene rings is 1. The number of hydrogen-bond donors (Lipinski definition) is 3. The molecule has 0 saturated heterocycles. The van der Waals surface area contributed by atoms with Crippen LogP contribution in [0.1, 0.15) is 11.4 Å². The maximum Gasteiger partial charge on any atom is 0.321 e. The normalized spacial score (nSPS) is 10.2. The second-order valence-corrected chi connectivity index (χ2v) is 6.07. The van der Waals surface area contributed by atoms with E-state index in [1.165, 1.54) is 10.8 Å². The molecule has 26 heavy (non-hydrogen) atoms. The fraction of sp³-hybridized carbons (Fsp3) is 0.250. The van der Waals surface area contributed by atoms with Crippen LogP contribution in [-0.4, -0.2) is 46.2 Å². The van der Waals surface area contributed by atoms with E-state index in [-0.39, 0.29) is 12.3 Å². The highest BCUT2D eigenvalue weighted by atomic mass is 32.2. The quantitative estimate of drug-likeness (QED) is 0.352. The zero-order chi connectivity index (χ0) is 18.9. The molecule has 0 saturated carbocycles. The van der Waals surface area contributed by atoms with Gasteiger partial charge in [0.1, 0.15) is 5.75 Å². The number of carbonyl (C=O) groups excluding carboxylic acids is 2. The lowest BCUT2D eigenvalue weighted by atomic mass is 10.1. The summed E-state index contributed by atoms with van der Waals surface area (Å²) in [5, 5.41) is 13.1. The van der Waals surface area contributed by atoms with Crippen molar-refractivity contribution >= 4 is 23.7 Å². The maximum absolute atomic E-state index is 11.7. The van der Waals surface area contributed by atoms with E-state index in [2.05, 4.69) is 27.4 Å². The molecule has 10 heteroatoms. The van der Waals surface area contributed by atoms with Crippen LogP contribution in [0.2, 0.25) is 0 Å². The van der Waals surface area contributed by atoms with Crippen molar-refractivity contribution in [3.05, 3.63) is 48.3 Å². The first kappa shape index (κ1) is 19.3. The molecule has 0 aliphatic carbocycles. The number of thioether (sulfide) groups is 1. The molecule has 0 spiro atoms. The SMILES string of the molecule is C=CCNC(=O)NC(=O)CSc1nnc(Cc2ccc(OC)cc2)n1N. The fourth-order valence-electron chi connectivity index (χ4n) is 1.95. The standard InChI is InChI=1S/C16H20N6O3S/c1-3-8-18-15(24)19-14(23)10-26-16-21-20-13(22(16)17)9-11-4-6-12(25-2)7-5-11/h3-7H,1,8-10,17H2,2H3,(H2,18,19,23,24). The third kappa shape index (κ3) is 5.52. The zero-order valence-electron chi connectivity index (χ0n) is 14.3. The molecule has 4 N–H and O–H groups in total. The van der Waals surface area contributed by atoms with E-state index in [1.54, 1.807) is 7.11 Å². The Labute approximate surface area is 155 Å². The predicted octanol–water partition coefficient (Wildman–Crippen LogP) is 0.695. The molecule has 0 radical (unpaired) electrons. The Bertz CT molecular complexity index is 775. The molecular weight excluding hydrogens is 356 g/mol. The summed E-state index contributed by atoms with van der Waals surface area (Å²) < 4.78 is 6.45. The Hall–Kier alpha value is -3.01. The van der Waals surface area contributed by atoms with Gasteiger partial charge in [-0.25, -0.2) is 9.47 Å². The van der Waals surface area contributed by atoms with Gasteiger partial charge < -0.3 is 15.9 Å². The average molecular weight is 376 g/mol. The number of rotatable bonds is 8. The van der Waals surface area contributed by atoms with Gasteiger partial charge >= 0.3 is 6.03 Å². The topological polar surface area (TPSA) is 124 Å². The Balaban J connectivity index is 1.88. The smallest absolute Gasteiger partial charge is 0.321 e. The molecule has 0 unspecified atom stereocenters. The number of imide groups is 1. The molecule has 1 heterocycles. The van der Waals surface area contributed by atoms with Crippen molar-refractivity contribution in [3.8, 4) is 5.75 Å². The Kier molecular flexibility index (Phi) is 7.03. The molecule has 9 nitrogen and oxygen atoms in total. The average Bonchev–Trinajstić information content (AvgIpc) is 2.98. The van der Waals surface area contributed by atoms with E-state index in [1.807, 2.05) is 24.3 Å². The number of carbonyl (C=O) groups is 2. The van der Waals surface area contributed by atoms with Gasteiger partial charge in [-0.15, -0.1) is 16.8 Å². The van der Waals surface area contributed by atoms with Crippen molar-refractivity contribution < 1.29 is 14.3 Å². The summed E-state index contributed by atoms with van der Waals surface area (Å²) in [6, 6.07) is 6.95. The third-order valence-electron chi connectivity index (χ3n) is 3.25. The van der Waals surface area contributed by atoms with Crippen molar-refractivity contribution in [1.29, 1.82) is 0 Å². The third-order valence-corrected chi connectivity index (χ3v) is 4.19.